The van der Waals surface area contributed by atoms with E-state index in [9.17, 15) is 9.90 Å². The van der Waals surface area contributed by atoms with Gasteiger partial charge in [0.05, 0.1) is 12.8 Å². The van der Waals surface area contributed by atoms with E-state index >= 15 is 0 Å². The molecule has 0 aliphatic heterocycles. The Kier molecular flexibility index (Phi) is 4.75. The van der Waals surface area contributed by atoms with Gasteiger partial charge >= 0.3 is 6.09 Å². The van der Waals surface area contributed by atoms with Gasteiger partial charge in [0.1, 0.15) is 5.60 Å². The van der Waals surface area contributed by atoms with Gasteiger partial charge in [0.2, 0.25) is 0 Å². The monoisotopic (exact) mass is 322 g/mol. The van der Waals surface area contributed by atoms with Crippen LogP contribution in [0.15, 0.2) is 12.1 Å². The summed E-state index contributed by atoms with van der Waals surface area (Å²) >= 11 is 0. The Bertz CT molecular complexity index is 587. The molecule has 2 rings (SSSR count). The Hall–Kier alpha value is -1.95. The Labute approximate surface area is 137 Å². The van der Waals surface area contributed by atoms with Crippen LogP contribution in [-0.2, 0) is 10.3 Å². The van der Waals surface area contributed by atoms with E-state index in [1.807, 2.05) is 0 Å². The first-order valence-corrected chi connectivity index (χ1v) is 7.85. The average Bonchev–Trinajstić information content (AvgIpc) is 2.87. The molecule has 0 atom stereocenters. The molecule has 0 unspecified atom stereocenters. The van der Waals surface area contributed by atoms with E-state index in [1.54, 1.807) is 32.9 Å². The molecule has 1 aromatic rings. The molecular weight excluding hydrogens is 296 g/mol. The highest BCUT2D eigenvalue weighted by Crippen LogP contribution is 2.43. The summed E-state index contributed by atoms with van der Waals surface area (Å²) in [4.78, 5) is 12.0. The Morgan fingerprint density at radius 2 is 1.91 bits per heavy atom. The number of hydrogen-bond acceptors (Lipinski definition) is 5. The second kappa shape index (κ2) is 6.28. The molecule has 23 heavy (non-hydrogen) atoms. The molecule has 1 fully saturated rings. The fraction of sp³-hybridized carbons (Fsp3) is 0.588. The second-order valence-corrected chi connectivity index (χ2v) is 7.06. The number of nitrogens with two attached hydrogens (primary N) is 1. The fourth-order valence-electron chi connectivity index (χ4n) is 2.85. The molecule has 1 saturated carbocycles. The van der Waals surface area contributed by atoms with Gasteiger partial charge in [-0.3, -0.25) is 5.32 Å². The van der Waals surface area contributed by atoms with Crippen molar-refractivity contribution >= 4 is 11.8 Å². The van der Waals surface area contributed by atoms with Gasteiger partial charge in [0.25, 0.3) is 0 Å². The number of ether oxygens (including phenoxy) is 2. The first kappa shape index (κ1) is 17.4. The van der Waals surface area contributed by atoms with Crippen LogP contribution in [0.25, 0.3) is 0 Å². The van der Waals surface area contributed by atoms with Gasteiger partial charge in [0.15, 0.2) is 11.5 Å². The number of phenolic OH excluding ortho intramolecular Hbond substituents is 1. The van der Waals surface area contributed by atoms with Crippen LogP contribution in [0, 0.1) is 0 Å². The number of nitrogens with one attached hydrogen (secondary N) is 1. The molecule has 0 aromatic heterocycles. The Morgan fingerprint density at radius 3 is 2.43 bits per heavy atom. The number of carbonyl (C=O) groups excluding carboxylic acids is 1. The number of phenols is 1. The first-order valence-electron chi connectivity index (χ1n) is 7.85. The SMILES string of the molecule is COc1cc(C2(N)CCCC2)cc(NC(=O)OC(C)(C)C)c1O. The van der Waals surface area contributed by atoms with Gasteiger partial charge in [-0.25, -0.2) is 4.79 Å². The molecule has 0 bridgehead atoms. The lowest BCUT2D eigenvalue weighted by atomic mass is 9.88. The molecule has 1 aliphatic rings. The lowest BCUT2D eigenvalue weighted by molar-refractivity contribution is 0.0635. The van der Waals surface area contributed by atoms with E-state index in [0.29, 0.717) is 0 Å². The van der Waals surface area contributed by atoms with Crippen LogP contribution < -0.4 is 15.8 Å². The summed E-state index contributed by atoms with van der Waals surface area (Å²) in [6, 6.07) is 3.44. The minimum absolute atomic E-state index is 0.135. The van der Waals surface area contributed by atoms with Gasteiger partial charge < -0.3 is 20.3 Å². The van der Waals surface area contributed by atoms with Crippen molar-refractivity contribution in [2.75, 3.05) is 12.4 Å². The molecule has 128 valence electrons. The minimum atomic E-state index is -0.635. The minimum Gasteiger partial charge on any atom is -0.503 e. The molecule has 0 radical (unpaired) electrons. The third kappa shape index (κ3) is 4.07. The first-order chi connectivity index (χ1) is 10.6. The molecular formula is C17H26N2O4. The average molecular weight is 322 g/mol. The van der Waals surface area contributed by atoms with Crippen molar-refractivity contribution in [1.29, 1.82) is 0 Å². The summed E-state index contributed by atoms with van der Waals surface area (Å²) in [5, 5.41) is 12.8. The fourth-order valence-corrected chi connectivity index (χ4v) is 2.85. The molecule has 6 nitrogen and oxygen atoms in total. The summed E-state index contributed by atoms with van der Waals surface area (Å²) in [6.07, 6.45) is 3.23. The number of methoxy groups -OCH3 is 1. The van der Waals surface area contributed by atoms with Crippen molar-refractivity contribution in [3.63, 3.8) is 0 Å². The normalized spacial score (nSPS) is 16.9. The molecule has 0 saturated heterocycles. The summed E-state index contributed by atoms with van der Waals surface area (Å²) in [7, 11) is 1.47. The van der Waals surface area contributed by atoms with Crippen molar-refractivity contribution in [2.45, 2.75) is 57.6 Å². The maximum absolute atomic E-state index is 12.0. The van der Waals surface area contributed by atoms with E-state index in [0.717, 1.165) is 31.2 Å². The van der Waals surface area contributed by atoms with Crippen molar-refractivity contribution in [3.8, 4) is 11.5 Å². The molecule has 1 aromatic carbocycles. The Balaban J connectivity index is 2.33. The Morgan fingerprint density at radius 1 is 1.30 bits per heavy atom. The summed E-state index contributed by atoms with van der Waals surface area (Å²) in [5.41, 5.74) is 6.48. The van der Waals surface area contributed by atoms with Crippen LogP contribution in [0.2, 0.25) is 0 Å². The molecule has 1 aliphatic carbocycles. The van der Waals surface area contributed by atoms with Crippen molar-refractivity contribution in [2.24, 2.45) is 5.73 Å². The van der Waals surface area contributed by atoms with Crippen LogP contribution in [0.3, 0.4) is 0 Å². The lowest BCUT2D eigenvalue weighted by Crippen LogP contribution is -2.33. The number of rotatable bonds is 3. The largest absolute Gasteiger partial charge is 0.503 e. The van der Waals surface area contributed by atoms with Gasteiger partial charge in [-0.2, -0.15) is 0 Å². The number of carbonyl (C=O) groups is 1. The van der Waals surface area contributed by atoms with Crippen molar-refractivity contribution < 1.29 is 19.4 Å². The van der Waals surface area contributed by atoms with Crippen LogP contribution in [0.5, 0.6) is 11.5 Å². The smallest absolute Gasteiger partial charge is 0.412 e. The quantitative estimate of drug-likeness (QED) is 0.741. The van der Waals surface area contributed by atoms with Gasteiger partial charge in [-0.05, 0) is 51.3 Å². The summed E-state index contributed by atoms with van der Waals surface area (Å²) in [6.45, 7) is 5.32. The zero-order valence-corrected chi connectivity index (χ0v) is 14.2. The number of benzene rings is 1. The van der Waals surface area contributed by atoms with Crippen LogP contribution in [0.1, 0.15) is 52.0 Å². The molecule has 0 heterocycles. The van der Waals surface area contributed by atoms with Gasteiger partial charge in [0, 0.05) is 5.54 Å². The van der Waals surface area contributed by atoms with Gasteiger partial charge in [-0.15, -0.1) is 0 Å². The van der Waals surface area contributed by atoms with E-state index in [-0.39, 0.29) is 17.2 Å². The van der Waals surface area contributed by atoms with Crippen LogP contribution in [-0.4, -0.2) is 23.9 Å². The van der Waals surface area contributed by atoms with E-state index in [4.69, 9.17) is 15.2 Å². The van der Waals surface area contributed by atoms with Crippen molar-refractivity contribution in [3.05, 3.63) is 17.7 Å². The number of aromatic hydroxyl groups is 1. The highest BCUT2D eigenvalue weighted by atomic mass is 16.6. The topological polar surface area (TPSA) is 93.8 Å². The zero-order chi connectivity index (χ0) is 17.3. The number of anilines is 1. The second-order valence-electron chi connectivity index (χ2n) is 7.06. The van der Waals surface area contributed by atoms with E-state index in [2.05, 4.69) is 5.32 Å². The zero-order valence-electron chi connectivity index (χ0n) is 14.2. The molecule has 0 spiro atoms. The van der Waals surface area contributed by atoms with E-state index in [1.165, 1.54) is 7.11 Å². The van der Waals surface area contributed by atoms with Crippen LogP contribution >= 0.6 is 0 Å². The predicted octanol–water partition coefficient (Wildman–Crippen LogP) is 3.48. The predicted molar refractivity (Wildman–Crippen MR) is 88.8 cm³/mol. The maximum atomic E-state index is 12.0. The highest BCUT2D eigenvalue weighted by molar-refractivity contribution is 5.88. The number of amides is 1. The molecule has 6 heteroatoms. The van der Waals surface area contributed by atoms with Gasteiger partial charge in [-0.1, -0.05) is 12.8 Å². The lowest BCUT2D eigenvalue weighted by Gasteiger charge is -2.26. The highest BCUT2D eigenvalue weighted by Gasteiger charge is 2.33. The summed E-state index contributed by atoms with van der Waals surface area (Å²) in [5.74, 6) is 0.147. The third-order valence-corrected chi connectivity index (χ3v) is 4.00. The third-order valence-electron chi connectivity index (χ3n) is 4.00. The summed E-state index contributed by atoms with van der Waals surface area (Å²) < 4.78 is 10.4. The number of hydrogen-bond donors (Lipinski definition) is 3. The molecule has 4 N–H and O–H groups in total. The van der Waals surface area contributed by atoms with Crippen LogP contribution in [0.4, 0.5) is 10.5 Å². The molecule has 1 amide bonds. The van der Waals surface area contributed by atoms with E-state index < -0.39 is 17.2 Å². The maximum Gasteiger partial charge on any atom is 0.412 e. The van der Waals surface area contributed by atoms with Crippen molar-refractivity contribution in [1.82, 2.24) is 0 Å². The standard InChI is InChI=1S/C17H26N2O4/c1-16(2,3)23-15(21)19-12-9-11(10-13(22-4)14(12)20)17(18)7-5-6-8-17/h9-10,20H,5-8,18H2,1-4H3,(H,19,21).